The van der Waals surface area contributed by atoms with Crippen molar-refractivity contribution < 1.29 is 12.6 Å². The van der Waals surface area contributed by atoms with E-state index in [1.54, 1.807) is 0 Å². The largest absolute Gasteiger partial charge is 0.328 e. The summed E-state index contributed by atoms with van der Waals surface area (Å²) in [5.41, 5.74) is 5.16. The standard InChI is InChI=1S/C3H7NO3S.ClH/c4-1-3-2-6-8(5)7-3;/h3H,1-2,4H2;1H. The highest BCUT2D eigenvalue weighted by Crippen LogP contribution is 2.05. The summed E-state index contributed by atoms with van der Waals surface area (Å²) >= 11 is -1.53. The Morgan fingerprint density at radius 1 is 1.78 bits per heavy atom. The van der Waals surface area contributed by atoms with Crippen LogP contribution >= 0.6 is 12.4 Å². The summed E-state index contributed by atoms with van der Waals surface area (Å²) in [5, 5.41) is 0. The van der Waals surface area contributed by atoms with Crippen molar-refractivity contribution >= 4 is 23.8 Å². The van der Waals surface area contributed by atoms with Crippen LogP contribution in [0.2, 0.25) is 0 Å². The van der Waals surface area contributed by atoms with Crippen LogP contribution in [0.1, 0.15) is 0 Å². The molecule has 2 N–H and O–H groups in total. The Balaban J connectivity index is 0.000000640. The highest BCUT2D eigenvalue weighted by Gasteiger charge is 2.20. The van der Waals surface area contributed by atoms with E-state index in [-0.39, 0.29) is 18.5 Å². The lowest BCUT2D eigenvalue weighted by atomic mass is 10.4. The molecule has 1 aliphatic rings. The molecule has 0 aromatic carbocycles. The third kappa shape index (κ3) is 2.59. The minimum Gasteiger partial charge on any atom is -0.328 e. The van der Waals surface area contributed by atoms with Crippen LogP contribution in [0.25, 0.3) is 0 Å². The summed E-state index contributed by atoms with van der Waals surface area (Å²) in [4.78, 5) is 0. The Morgan fingerprint density at radius 2 is 2.44 bits per heavy atom. The number of halogens is 1. The molecular weight excluding hydrogens is 166 g/mol. The fourth-order valence-corrected chi connectivity index (χ4v) is 1.08. The van der Waals surface area contributed by atoms with Crippen LogP contribution in [0.4, 0.5) is 0 Å². The van der Waals surface area contributed by atoms with Gasteiger partial charge in [-0.3, -0.25) is 8.37 Å². The van der Waals surface area contributed by atoms with E-state index in [0.29, 0.717) is 13.2 Å². The molecule has 0 aliphatic carbocycles. The van der Waals surface area contributed by atoms with Crippen LogP contribution < -0.4 is 5.73 Å². The molecule has 0 aromatic heterocycles. The Bertz CT molecular complexity index is 111. The second-order valence-corrected chi connectivity index (χ2v) is 2.28. The van der Waals surface area contributed by atoms with Gasteiger partial charge in [-0.2, -0.15) is 4.21 Å². The third-order valence-corrected chi connectivity index (χ3v) is 1.59. The zero-order valence-electron chi connectivity index (χ0n) is 4.61. The first-order valence-corrected chi connectivity index (χ1v) is 3.25. The Morgan fingerprint density at radius 3 is 2.67 bits per heavy atom. The lowest BCUT2D eigenvalue weighted by Gasteiger charge is -1.95. The fraction of sp³-hybridized carbons (Fsp3) is 1.00. The normalized spacial score (nSPS) is 33.9. The molecule has 1 aliphatic heterocycles. The third-order valence-electron chi connectivity index (χ3n) is 0.828. The van der Waals surface area contributed by atoms with E-state index in [9.17, 15) is 4.21 Å². The summed E-state index contributed by atoms with van der Waals surface area (Å²) in [6.07, 6.45) is -0.171. The van der Waals surface area contributed by atoms with Gasteiger partial charge in [-0.15, -0.1) is 12.4 Å². The molecular formula is C3H8ClNO3S. The predicted molar refractivity (Wildman–Crippen MR) is 35.3 cm³/mol. The molecule has 6 heteroatoms. The number of hydrogen-bond donors (Lipinski definition) is 1. The van der Waals surface area contributed by atoms with E-state index in [2.05, 4.69) is 8.37 Å². The molecule has 56 valence electrons. The first-order valence-electron chi connectivity index (χ1n) is 2.25. The molecule has 1 saturated heterocycles. The van der Waals surface area contributed by atoms with Crippen molar-refractivity contribution in [2.75, 3.05) is 13.2 Å². The maximum absolute atomic E-state index is 10.2. The molecule has 1 rings (SSSR count). The van der Waals surface area contributed by atoms with Gasteiger partial charge in [0.15, 0.2) is 0 Å². The van der Waals surface area contributed by atoms with E-state index in [1.165, 1.54) is 0 Å². The van der Waals surface area contributed by atoms with Crippen molar-refractivity contribution in [2.24, 2.45) is 5.73 Å². The molecule has 0 saturated carbocycles. The summed E-state index contributed by atoms with van der Waals surface area (Å²) in [7, 11) is 0. The van der Waals surface area contributed by atoms with Crippen molar-refractivity contribution in [3.63, 3.8) is 0 Å². The predicted octanol–water partition coefficient (Wildman–Crippen LogP) is -0.639. The van der Waals surface area contributed by atoms with Gasteiger partial charge in [-0.05, 0) is 0 Å². The second kappa shape index (κ2) is 4.19. The molecule has 1 heterocycles. The molecule has 0 amide bonds. The second-order valence-electron chi connectivity index (χ2n) is 1.44. The monoisotopic (exact) mass is 173 g/mol. The van der Waals surface area contributed by atoms with Gasteiger partial charge in [-0.1, -0.05) is 0 Å². The molecule has 4 nitrogen and oxygen atoms in total. The van der Waals surface area contributed by atoms with Crippen molar-refractivity contribution in [3.05, 3.63) is 0 Å². The highest BCUT2D eigenvalue weighted by atomic mass is 35.5. The summed E-state index contributed by atoms with van der Waals surface area (Å²) in [6, 6.07) is 0. The maximum atomic E-state index is 10.2. The van der Waals surface area contributed by atoms with Gasteiger partial charge in [-0.25, -0.2) is 0 Å². The van der Waals surface area contributed by atoms with Crippen LogP contribution in [-0.2, 0) is 19.7 Å². The van der Waals surface area contributed by atoms with Crippen LogP contribution in [0, 0.1) is 0 Å². The van der Waals surface area contributed by atoms with Crippen molar-refractivity contribution in [3.8, 4) is 0 Å². The van der Waals surface area contributed by atoms with Crippen molar-refractivity contribution in [2.45, 2.75) is 6.10 Å². The van der Waals surface area contributed by atoms with Gasteiger partial charge in [0, 0.05) is 6.54 Å². The molecule has 2 atom stereocenters. The highest BCUT2D eigenvalue weighted by molar-refractivity contribution is 7.75. The van der Waals surface area contributed by atoms with Gasteiger partial charge in [0.25, 0.3) is 0 Å². The van der Waals surface area contributed by atoms with Crippen LogP contribution in [0.15, 0.2) is 0 Å². The average Bonchev–Trinajstić information content (AvgIpc) is 2.14. The minimum absolute atomic E-state index is 0. The van der Waals surface area contributed by atoms with E-state index < -0.39 is 11.4 Å². The Kier molecular flexibility index (Phi) is 4.33. The lowest BCUT2D eigenvalue weighted by Crippen LogP contribution is -2.21. The quantitative estimate of drug-likeness (QED) is 0.573. The zero-order valence-corrected chi connectivity index (χ0v) is 6.24. The molecule has 0 aromatic rings. The minimum atomic E-state index is -1.53. The van der Waals surface area contributed by atoms with E-state index in [1.807, 2.05) is 0 Å². The van der Waals surface area contributed by atoms with Gasteiger partial charge in [0.05, 0.1) is 6.61 Å². The molecule has 0 spiro atoms. The first kappa shape index (κ1) is 9.32. The van der Waals surface area contributed by atoms with Gasteiger partial charge in [0.1, 0.15) is 6.10 Å². The van der Waals surface area contributed by atoms with Crippen molar-refractivity contribution in [1.29, 1.82) is 0 Å². The van der Waals surface area contributed by atoms with Gasteiger partial charge < -0.3 is 5.73 Å². The van der Waals surface area contributed by atoms with Crippen LogP contribution in [0.3, 0.4) is 0 Å². The van der Waals surface area contributed by atoms with Crippen LogP contribution in [0.5, 0.6) is 0 Å². The summed E-state index contributed by atoms with van der Waals surface area (Å²) < 4.78 is 19.4. The number of rotatable bonds is 1. The SMILES string of the molecule is Cl.NCC1COS(=O)O1. The molecule has 9 heavy (non-hydrogen) atoms. The Labute approximate surface area is 62.0 Å². The van der Waals surface area contributed by atoms with Gasteiger partial charge >= 0.3 is 11.4 Å². The average molecular weight is 174 g/mol. The zero-order chi connectivity index (χ0) is 5.98. The topological polar surface area (TPSA) is 61.5 Å². The fourth-order valence-electron chi connectivity index (χ4n) is 0.405. The van der Waals surface area contributed by atoms with E-state index >= 15 is 0 Å². The van der Waals surface area contributed by atoms with Crippen LogP contribution in [-0.4, -0.2) is 23.5 Å². The van der Waals surface area contributed by atoms with E-state index in [0.717, 1.165) is 0 Å². The van der Waals surface area contributed by atoms with Crippen molar-refractivity contribution in [1.82, 2.24) is 0 Å². The number of hydrogen-bond acceptors (Lipinski definition) is 4. The molecule has 1 fully saturated rings. The summed E-state index contributed by atoms with van der Waals surface area (Å²) in [5.74, 6) is 0. The Hall–Kier alpha value is 0.320. The lowest BCUT2D eigenvalue weighted by molar-refractivity contribution is 0.248. The smallest absolute Gasteiger partial charge is 0.305 e. The van der Waals surface area contributed by atoms with E-state index in [4.69, 9.17) is 5.73 Å². The molecule has 2 unspecified atom stereocenters. The van der Waals surface area contributed by atoms with Gasteiger partial charge in [0.2, 0.25) is 0 Å². The molecule has 0 radical (unpaired) electrons. The number of nitrogens with two attached hydrogens (primary N) is 1. The summed E-state index contributed by atoms with van der Waals surface area (Å²) in [6.45, 7) is 0.717. The first-order chi connectivity index (χ1) is 3.83. The molecule has 0 bridgehead atoms. The maximum Gasteiger partial charge on any atom is 0.305 e.